The summed E-state index contributed by atoms with van der Waals surface area (Å²) in [5.74, 6) is -2.58. The second-order valence-corrected chi connectivity index (χ2v) is 7.40. The summed E-state index contributed by atoms with van der Waals surface area (Å²) in [7, 11) is 0. The number of primary amides is 1. The summed E-state index contributed by atoms with van der Waals surface area (Å²) in [6, 6.07) is 15.6. The average Bonchev–Trinajstić information content (AvgIpc) is 3.40. The van der Waals surface area contributed by atoms with E-state index >= 15 is 0 Å². The minimum Gasteiger partial charge on any atom is -0.363 e. The quantitative estimate of drug-likeness (QED) is 0.395. The van der Waals surface area contributed by atoms with Crippen molar-refractivity contribution in [2.45, 2.75) is 12.5 Å². The van der Waals surface area contributed by atoms with Gasteiger partial charge in [0, 0.05) is 29.1 Å². The zero-order valence-corrected chi connectivity index (χ0v) is 16.5. The highest BCUT2D eigenvalue weighted by atomic mass is 32.1. The summed E-state index contributed by atoms with van der Waals surface area (Å²) in [5.41, 5.74) is 7.75. The van der Waals surface area contributed by atoms with Gasteiger partial charge >= 0.3 is 0 Å². The van der Waals surface area contributed by atoms with Gasteiger partial charge in [-0.2, -0.15) is 0 Å². The number of amides is 2. The molecule has 4 rings (SSSR count). The predicted molar refractivity (Wildman–Crippen MR) is 113 cm³/mol. The number of carbonyl (C=O) groups is 3. The van der Waals surface area contributed by atoms with Gasteiger partial charge in [-0.3, -0.25) is 14.4 Å². The van der Waals surface area contributed by atoms with E-state index in [0.717, 1.165) is 33.6 Å². The highest BCUT2D eigenvalue weighted by molar-refractivity contribution is 7.09. The minimum absolute atomic E-state index is 0.0834. The number of fused-ring (bicyclic) bond motifs is 1. The average molecular weight is 419 g/mol. The van der Waals surface area contributed by atoms with Crippen LogP contribution in [0.5, 0.6) is 0 Å². The number of nitrogens with two attached hydrogens (primary N) is 1. The highest BCUT2D eigenvalue weighted by Gasteiger charge is 2.28. The summed E-state index contributed by atoms with van der Waals surface area (Å²) in [4.78, 5) is 40.5. The Balaban J connectivity index is 1.63. The lowest BCUT2D eigenvalue weighted by Crippen LogP contribution is -2.47. The molecular formula is C21H17N5O3S. The first kappa shape index (κ1) is 19.5. The lowest BCUT2D eigenvalue weighted by atomic mass is 10.0. The van der Waals surface area contributed by atoms with E-state index in [1.165, 1.54) is 0 Å². The topological polar surface area (TPSA) is 131 Å². The number of aromatic nitrogens is 3. The van der Waals surface area contributed by atoms with Crippen molar-refractivity contribution >= 4 is 40.0 Å². The Morgan fingerprint density at radius 1 is 1.07 bits per heavy atom. The van der Waals surface area contributed by atoms with Crippen LogP contribution in [0.1, 0.15) is 16.1 Å². The van der Waals surface area contributed by atoms with E-state index in [1.807, 2.05) is 42.5 Å². The lowest BCUT2D eigenvalue weighted by Gasteiger charge is -2.16. The molecule has 0 saturated carbocycles. The van der Waals surface area contributed by atoms with E-state index < -0.39 is 23.6 Å². The Hall–Kier alpha value is -3.85. The number of ketones is 1. The number of aromatic amines is 1. The van der Waals surface area contributed by atoms with E-state index in [-0.39, 0.29) is 12.1 Å². The largest absolute Gasteiger partial charge is 0.363 e. The van der Waals surface area contributed by atoms with E-state index in [2.05, 4.69) is 19.9 Å². The third kappa shape index (κ3) is 3.83. The summed E-state index contributed by atoms with van der Waals surface area (Å²) in [6.07, 6.45) is 1.92. The van der Waals surface area contributed by atoms with Crippen LogP contribution >= 0.6 is 11.5 Å². The van der Waals surface area contributed by atoms with E-state index in [9.17, 15) is 14.4 Å². The van der Waals surface area contributed by atoms with Gasteiger partial charge in [0.05, 0.1) is 4.88 Å². The molecule has 2 aromatic carbocycles. The number of hydrogen-bond acceptors (Lipinski definition) is 6. The van der Waals surface area contributed by atoms with Crippen molar-refractivity contribution in [3.05, 3.63) is 72.1 Å². The Morgan fingerprint density at radius 2 is 1.80 bits per heavy atom. The Labute approximate surface area is 175 Å². The van der Waals surface area contributed by atoms with E-state index in [0.29, 0.717) is 4.88 Å². The standard InChI is InChI=1S/C21H17N5O3S/c22-20(28)18(27)16(10-12-6-2-1-3-7-12)24-21(29)17-19(30-26-25-17)14-11-23-15-9-5-4-8-13(14)15/h1-9,11,16,23H,10H2,(H2,22,28)(H,24,29). The first-order valence-electron chi connectivity index (χ1n) is 9.12. The molecule has 2 aromatic heterocycles. The van der Waals surface area contributed by atoms with Crippen LogP contribution in [-0.4, -0.2) is 38.2 Å². The minimum atomic E-state index is -1.11. The van der Waals surface area contributed by atoms with Gasteiger partial charge in [-0.15, -0.1) is 5.10 Å². The third-order valence-corrected chi connectivity index (χ3v) is 5.44. The molecule has 0 spiro atoms. The van der Waals surface area contributed by atoms with Gasteiger partial charge in [-0.1, -0.05) is 53.0 Å². The second-order valence-electron chi connectivity index (χ2n) is 6.64. The second kappa shape index (κ2) is 8.26. The van der Waals surface area contributed by atoms with Gasteiger partial charge in [0.15, 0.2) is 5.69 Å². The first-order valence-corrected chi connectivity index (χ1v) is 9.89. The number of benzene rings is 2. The smallest absolute Gasteiger partial charge is 0.287 e. The number of para-hydroxylation sites is 1. The van der Waals surface area contributed by atoms with Gasteiger partial charge in [0.2, 0.25) is 5.78 Å². The SMILES string of the molecule is NC(=O)C(=O)C(Cc1ccccc1)NC(=O)c1nnsc1-c1c[nH]c2ccccc12. The molecule has 2 heterocycles. The monoisotopic (exact) mass is 419 g/mol. The van der Waals surface area contributed by atoms with Crippen molar-refractivity contribution in [1.29, 1.82) is 0 Å². The molecule has 0 radical (unpaired) electrons. The summed E-state index contributed by atoms with van der Waals surface area (Å²) < 4.78 is 3.92. The fraction of sp³-hybridized carbons (Fsp3) is 0.0952. The fourth-order valence-electron chi connectivity index (χ4n) is 3.23. The molecule has 9 heteroatoms. The molecular weight excluding hydrogens is 402 g/mol. The number of hydrogen-bond donors (Lipinski definition) is 3. The molecule has 1 unspecified atom stereocenters. The molecule has 2 amide bonds. The molecule has 8 nitrogen and oxygen atoms in total. The van der Waals surface area contributed by atoms with Gasteiger partial charge < -0.3 is 16.0 Å². The van der Waals surface area contributed by atoms with Crippen molar-refractivity contribution in [3.63, 3.8) is 0 Å². The molecule has 0 bridgehead atoms. The Kier molecular flexibility index (Phi) is 5.36. The van der Waals surface area contributed by atoms with Crippen LogP contribution in [0.25, 0.3) is 21.3 Å². The van der Waals surface area contributed by atoms with Crippen LogP contribution in [0.4, 0.5) is 0 Å². The van der Waals surface area contributed by atoms with Gasteiger partial charge in [0.25, 0.3) is 11.8 Å². The third-order valence-electron chi connectivity index (χ3n) is 4.68. The molecule has 0 aliphatic carbocycles. The molecule has 30 heavy (non-hydrogen) atoms. The summed E-state index contributed by atoms with van der Waals surface area (Å²) in [5, 5.41) is 7.49. The zero-order chi connectivity index (χ0) is 21.1. The summed E-state index contributed by atoms with van der Waals surface area (Å²) in [6.45, 7) is 0. The zero-order valence-electron chi connectivity index (χ0n) is 15.7. The van der Waals surface area contributed by atoms with Crippen LogP contribution in [0.2, 0.25) is 0 Å². The van der Waals surface area contributed by atoms with Gasteiger partial charge in [0.1, 0.15) is 6.04 Å². The molecule has 0 saturated heterocycles. The number of rotatable bonds is 7. The van der Waals surface area contributed by atoms with Crippen LogP contribution in [-0.2, 0) is 16.0 Å². The number of Topliss-reactive ketones (excluding diaryl/α,β-unsaturated/α-hetero) is 1. The predicted octanol–water partition coefficient (Wildman–Crippen LogP) is 2.08. The van der Waals surface area contributed by atoms with Crippen molar-refractivity contribution in [2.24, 2.45) is 5.73 Å². The maximum atomic E-state index is 13.0. The van der Waals surface area contributed by atoms with Crippen LogP contribution < -0.4 is 11.1 Å². The van der Waals surface area contributed by atoms with Crippen molar-refractivity contribution in [3.8, 4) is 10.4 Å². The number of H-pyrrole nitrogens is 1. The fourth-order valence-corrected chi connectivity index (χ4v) is 3.92. The van der Waals surface area contributed by atoms with E-state index in [1.54, 1.807) is 18.3 Å². The van der Waals surface area contributed by atoms with Crippen molar-refractivity contribution < 1.29 is 14.4 Å². The summed E-state index contributed by atoms with van der Waals surface area (Å²) >= 11 is 1.08. The van der Waals surface area contributed by atoms with Gasteiger partial charge in [-0.25, -0.2) is 0 Å². The maximum absolute atomic E-state index is 13.0. The number of carbonyl (C=O) groups excluding carboxylic acids is 3. The molecule has 0 aliphatic rings. The number of nitrogens with one attached hydrogen (secondary N) is 2. The van der Waals surface area contributed by atoms with E-state index in [4.69, 9.17) is 5.73 Å². The van der Waals surface area contributed by atoms with Gasteiger partial charge in [-0.05, 0) is 23.2 Å². The molecule has 4 N–H and O–H groups in total. The normalized spacial score (nSPS) is 11.9. The molecule has 0 aliphatic heterocycles. The first-order chi connectivity index (χ1) is 14.5. The highest BCUT2D eigenvalue weighted by Crippen LogP contribution is 2.32. The Bertz CT molecular complexity index is 1230. The Morgan fingerprint density at radius 3 is 2.57 bits per heavy atom. The molecule has 4 aromatic rings. The van der Waals surface area contributed by atoms with Crippen molar-refractivity contribution in [2.75, 3.05) is 0 Å². The van der Waals surface area contributed by atoms with Crippen LogP contribution in [0.3, 0.4) is 0 Å². The van der Waals surface area contributed by atoms with Crippen molar-refractivity contribution in [1.82, 2.24) is 19.9 Å². The maximum Gasteiger partial charge on any atom is 0.287 e. The molecule has 150 valence electrons. The van der Waals surface area contributed by atoms with Crippen LogP contribution in [0, 0.1) is 0 Å². The number of nitrogens with zero attached hydrogens (tertiary/aromatic N) is 2. The lowest BCUT2D eigenvalue weighted by molar-refractivity contribution is -0.137. The van der Waals surface area contributed by atoms with Crippen LogP contribution in [0.15, 0.2) is 60.8 Å². The molecule has 0 fully saturated rings. The molecule has 1 atom stereocenters.